The zero-order chi connectivity index (χ0) is 20.9. The van der Waals surface area contributed by atoms with Crippen LogP contribution in [0.3, 0.4) is 0 Å². The lowest BCUT2D eigenvalue weighted by Gasteiger charge is -2.14. The third-order valence-corrected chi connectivity index (χ3v) is 5.86. The summed E-state index contributed by atoms with van der Waals surface area (Å²) in [6, 6.07) is 12.0. The molecule has 0 heterocycles. The Bertz CT molecular complexity index is 965. The molecule has 1 amide bonds. The summed E-state index contributed by atoms with van der Waals surface area (Å²) < 4.78 is 31.0. The van der Waals surface area contributed by atoms with Crippen LogP contribution in [-0.4, -0.2) is 53.9 Å². The van der Waals surface area contributed by atoms with Gasteiger partial charge in [0.25, 0.3) is 0 Å². The van der Waals surface area contributed by atoms with E-state index in [0.29, 0.717) is 5.75 Å². The molecule has 0 spiro atoms. The molecule has 0 aliphatic heterocycles. The highest BCUT2D eigenvalue weighted by Gasteiger charge is 2.19. The van der Waals surface area contributed by atoms with Crippen molar-refractivity contribution < 1.29 is 17.9 Å². The fourth-order valence-electron chi connectivity index (χ4n) is 2.39. The average Bonchev–Trinajstić information content (AvgIpc) is 2.66. The van der Waals surface area contributed by atoms with Gasteiger partial charge in [-0.15, -0.1) is 0 Å². The van der Waals surface area contributed by atoms with Gasteiger partial charge in [0.1, 0.15) is 5.75 Å². The first-order chi connectivity index (χ1) is 13.1. The lowest BCUT2D eigenvalue weighted by molar-refractivity contribution is -0.111. The number of hydrogen-bond donors (Lipinski definition) is 1. The van der Waals surface area contributed by atoms with Crippen LogP contribution in [0.1, 0.15) is 5.56 Å². The fourth-order valence-corrected chi connectivity index (χ4v) is 3.31. The first-order valence-corrected chi connectivity index (χ1v) is 9.96. The second-order valence-corrected chi connectivity index (χ2v) is 8.61. The van der Waals surface area contributed by atoms with Gasteiger partial charge in [0.2, 0.25) is 15.9 Å². The van der Waals surface area contributed by atoms with E-state index in [-0.39, 0.29) is 10.6 Å². The van der Waals surface area contributed by atoms with Crippen LogP contribution >= 0.6 is 0 Å². The van der Waals surface area contributed by atoms with Crippen molar-refractivity contribution in [3.8, 4) is 5.75 Å². The van der Waals surface area contributed by atoms with Gasteiger partial charge in [-0.25, -0.2) is 12.7 Å². The lowest BCUT2D eigenvalue weighted by Crippen LogP contribution is -2.22. The Balaban J connectivity index is 2.20. The van der Waals surface area contributed by atoms with Crippen LogP contribution in [0.5, 0.6) is 5.75 Å². The molecule has 0 saturated heterocycles. The number of hydrogen-bond acceptors (Lipinski definition) is 5. The van der Waals surface area contributed by atoms with Crippen molar-refractivity contribution in [2.45, 2.75) is 4.90 Å². The van der Waals surface area contributed by atoms with Crippen molar-refractivity contribution in [2.24, 2.45) is 0 Å². The molecular formula is C20H25N3O4S. The normalized spacial score (nSPS) is 11.6. The highest BCUT2D eigenvalue weighted by Crippen LogP contribution is 2.28. The van der Waals surface area contributed by atoms with Gasteiger partial charge in [0.15, 0.2) is 0 Å². The number of nitrogens with one attached hydrogen (secondary N) is 1. The Labute approximate surface area is 166 Å². The average molecular weight is 404 g/mol. The molecule has 8 heteroatoms. The Morgan fingerprint density at radius 1 is 1.04 bits per heavy atom. The minimum atomic E-state index is -3.62. The van der Waals surface area contributed by atoms with Gasteiger partial charge >= 0.3 is 0 Å². The first kappa shape index (κ1) is 21.5. The second-order valence-electron chi connectivity index (χ2n) is 6.46. The van der Waals surface area contributed by atoms with Crippen molar-refractivity contribution in [1.82, 2.24) is 4.31 Å². The minimum absolute atomic E-state index is 0.0665. The molecule has 0 aliphatic rings. The summed E-state index contributed by atoms with van der Waals surface area (Å²) in [6.45, 7) is 0. The number of benzene rings is 2. The summed E-state index contributed by atoms with van der Waals surface area (Å²) in [5.41, 5.74) is 2.21. The zero-order valence-electron chi connectivity index (χ0n) is 16.6. The van der Waals surface area contributed by atoms with E-state index in [1.807, 2.05) is 43.3 Å². The van der Waals surface area contributed by atoms with Crippen molar-refractivity contribution in [2.75, 3.05) is 45.5 Å². The van der Waals surface area contributed by atoms with E-state index in [1.54, 1.807) is 6.08 Å². The van der Waals surface area contributed by atoms with Gasteiger partial charge in [0, 0.05) is 40.0 Å². The van der Waals surface area contributed by atoms with Gasteiger partial charge in [0.05, 0.1) is 17.7 Å². The molecule has 28 heavy (non-hydrogen) atoms. The number of nitrogens with zero attached hydrogens (tertiary/aromatic N) is 2. The van der Waals surface area contributed by atoms with Crippen LogP contribution < -0.4 is 15.0 Å². The highest BCUT2D eigenvalue weighted by atomic mass is 32.2. The SMILES string of the molecule is COc1ccc(S(=O)(=O)N(C)C)cc1NC(=O)/C=C/c1ccc(N(C)C)cc1. The molecule has 0 unspecified atom stereocenters. The Hall–Kier alpha value is -2.84. The Morgan fingerprint density at radius 3 is 2.21 bits per heavy atom. The number of methoxy groups -OCH3 is 1. The van der Waals surface area contributed by atoms with E-state index in [4.69, 9.17) is 4.74 Å². The number of sulfonamides is 1. The van der Waals surface area contributed by atoms with E-state index >= 15 is 0 Å². The molecule has 1 N–H and O–H groups in total. The van der Waals surface area contributed by atoms with Crippen LogP contribution in [0.4, 0.5) is 11.4 Å². The van der Waals surface area contributed by atoms with Crippen LogP contribution in [0.15, 0.2) is 53.4 Å². The van der Waals surface area contributed by atoms with Crippen LogP contribution in [0.25, 0.3) is 6.08 Å². The summed E-state index contributed by atoms with van der Waals surface area (Å²) >= 11 is 0. The molecule has 0 fully saturated rings. The molecule has 150 valence electrons. The molecule has 0 atom stereocenters. The Kier molecular flexibility index (Phi) is 6.82. The van der Waals surface area contributed by atoms with E-state index in [0.717, 1.165) is 15.6 Å². The van der Waals surface area contributed by atoms with E-state index in [1.165, 1.54) is 45.5 Å². The molecule has 7 nitrogen and oxygen atoms in total. The van der Waals surface area contributed by atoms with Gasteiger partial charge in [-0.3, -0.25) is 4.79 Å². The molecule has 2 rings (SSSR count). The molecule has 0 saturated carbocycles. The first-order valence-electron chi connectivity index (χ1n) is 8.52. The maximum atomic E-state index is 12.3. The number of carbonyl (C=O) groups excluding carboxylic acids is 1. The van der Waals surface area contributed by atoms with Crippen LogP contribution in [0, 0.1) is 0 Å². The number of amides is 1. The number of rotatable bonds is 7. The minimum Gasteiger partial charge on any atom is -0.495 e. The maximum Gasteiger partial charge on any atom is 0.248 e. The second kappa shape index (κ2) is 8.90. The fraction of sp³-hybridized carbons (Fsp3) is 0.250. The van der Waals surface area contributed by atoms with E-state index < -0.39 is 15.9 Å². The molecule has 0 aliphatic carbocycles. The molecule has 0 bridgehead atoms. The summed E-state index contributed by atoms with van der Waals surface area (Å²) in [5.74, 6) is -0.0239. The van der Waals surface area contributed by atoms with E-state index in [9.17, 15) is 13.2 Å². The lowest BCUT2D eigenvalue weighted by atomic mass is 10.2. The van der Waals surface area contributed by atoms with Crippen molar-refractivity contribution in [3.63, 3.8) is 0 Å². The maximum absolute atomic E-state index is 12.3. The van der Waals surface area contributed by atoms with Crippen molar-refractivity contribution >= 4 is 33.4 Å². The van der Waals surface area contributed by atoms with Gasteiger partial charge in [-0.05, 0) is 42.0 Å². The molecule has 0 radical (unpaired) electrons. The smallest absolute Gasteiger partial charge is 0.248 e. The van der Waals surface area contributed by atoms with Gasteiger partial charge < -0.3 is 15.0 Å². The summed E-state index contributed by atoms with van der Waals surface area (Å²) in [5, 5.41) is 2.67. The number of anilines is 2. The zero-order valence-corrected chi connectivity index (χ0v) is 17.4. The molecular weight excluding hydrogens is 378 g/mol. The predicted molar refractivity (Wildman–Crippen MR) is 112 cm³/mol. The highest BCUT2D eigenvalue weighted by molar-refractivity contribution is 7.89. The molecule has 2 aromatic rings. The quantitative estimate of drug-likeness (QED) is 0.719. The third kappa shape index (κ3) is 5.11. The topological polar surface area (TPSA) is 79.0 Å². The molecule has 0 aromatic heterocycles. The van der Waals surface area contributed by atoms with Gasteiger partial charge in [-0.2, -0.15) is 0 Å². The molecule has 2 aromatic carbocycles. The monoisotopic (exact) mass is 403 g/mol. The largest absolute Gasteiger partial charge is 0.495 e. The van der Waals surface area contributed by atoms with E-state index in [2.05, 4.69) is 5.32 Å². The van der Waals surface area contributed by atoms with Crippen LogP contribution in [-0.2, 0) is 14.8 Å². The Morgan fingerprint density at radius 2 is 1.68 bits per heavy atom. The standard InChI is InChI=1S/C20H25N3O4S/c1-22(2)16-9-6-15(7-10-16)8-13-20(24)21-18-14-17(11-12-19(18)27-5)28(25,26)23(3)4/h6-14H,1-5H3,(H,21,24)/b13-8+. The summed E-state index contributed by atoms with van der Waals surface area (Å²) in [4.78, 5) is 14.4. The van der Waals surface area contributed by atoms with Crippen molar-refractivity contribution in [3.05, 3.63) is 54.1 Å². The summed E-state index contributed by atoms with van der Waals surface area (Å²) in [6.07, 6.45) is 3.07. The van der Waals surface area contributed by atoms with Gasteiger partial charge in [-0.1, -0.05) is 12.1 Å². The van der Waals surface area contributed by atoms with Crippen LogP contribution in [0.2, 0.25) is 0 Å². The summed E-state index contributed by atoms with van der Waals surface area (Å²) in [7, 11) is 4.63. The third-order valence-electron chi connectivity index (χ3n) is 4.04. The number of carbonyl (C=O) groups is 1. The number of ether oxygens (including phenoxy) is 1. The predicted octanol–water partition coefficient (Wildman–Crippen LogP) is 2.66. The van der Waals surface area contributed by atoms with Crippen molar-refractivity contribution in [1.29, 1.82) is 0 Å².